The van der Waals surface area contributed by atoms with E-state index in [1.165, 1.54) is 16.8 Å². The van der Waals surface area contributed by atoms with Crippen LogP contribution < -0.4 is 15.4 Å². The highest BCUT2D eigenvalue weighted by atomic mass is 32.2. The van der Waals surface area contributed by atoms with Crippen molar-refractivity contribution in [3.8, 4) is 17.0 Å². The first-order valence-corrected chi connectivity index (χ1v) is 12.8. The molecule has 1 aromatic heterocycles. The van der Waals surface area contributed by atoms with Gasteiger partial charge in [0.1, 0.15) is 40.3 Å². The van der Waals surface area contributed by atoms with Crippen molar-refractivity contribution in [2.75, 3.05) is 23.9 Å². The summed E-state index contributed by atoms with van der Waals surface area (Å²) in [5.74, 6) is -4.77. The van der Waals surface area contributed by atoms with Crippen molar-refractivity contribution in [2.24, 2.45) is 0 Å². The number of ether oxygens (including phenoxy) is 1. The minimum Gasteiger partial charge on any atom is -0.493 e. The second-order valence-electron chi connectivity index (χ2n) is 8.75. The number of nitrogens with zero attached hydrogens (tertiary/aromatic N) is 2. The Bertz CT molecular complexity index is 1520. The Morgan fingerprint density at radius 2 is 1.92 bits per heavy atom. The SMILES string of the molecule is CS(=O)(=O)CC(=O)Nc1c(-c2ccc(F)cc2)nn2c1C(=O)N[C@@]1(CCOc3cc(F)cc(F)c31)C2. The fourth-order valence-corrected chi connectivity index (χ4v) is 5.14. The van der Waals surface area contributed by atoms with Crippen LogP contribution in [-0.4, -0.2) is 48.6 Å². The van der Waals surface area contributed by atoms with Crippen LogP contribution in [0.25, 0.3) is 11.3 Å². The molecule has 2 aliphatic rings. The van der Waals surface area contributed by atoms with Gasteiger partial charge in [0.05, 0.1) is 24.3 Å². The van der Waals surface area contributed by atoms with Gasteiger partial charge in [-0.05, 0) is 24.3 Å². The van der Waals surface area contributed by atoms with Crippen LogP contribution in [0.3, 0.4) is 0 Å². The number of rotatable bonds is 4. The van der Waals surface area contributed by atoms with E-state index in [1.807, 2.05) is 0 Å². The largest absolute Gasteiger partial charge is 0.493 e. The van der Waals surface area contributed by atoms with Gasteiger partial charge in [-0.25, -0.2) is 21.6 Å². The predicted octanol–water partition coefficient (Wildman–Crippen LogP) is 2.37. The molecule has 0 aliphatic carbocycles. The van der Waals surface area contributed by atoms with Gasteiger partial charge in [0, 0.05) is 30.4 Å². The molecule has 5 rings (SSSR count). The van der Waals surface area contributed by atoms with Crippen LogP contribution in [0.4, 0.5) is 18.9 Å². The van der Waals surface area contributed by atoms with Crippen LogP contribution in [0.2, 0.25) is 0 Å². The van der Waals surface area contributed by atoms with Gasteiger partial charge >= 0.3 is 0 Å². The number of hydrogen-bond acceptors (Lipinski definition) is 6. The third-order valence-electron chi connectivity index (χ3n) is 6.00. The molecule has 0 unspecified atom stereocenters. The zero-order valence-electron chi connectivity index (χ0n) is 18.8. The summed E-state index contributed by atoms with van der Waals surface area (Å²) in [6.45, 7) is -0.0291. The maximum absolute atomic E-state index is 14.9. The van der Waals surface area contributed by atoms with Crippen LogP contribution in [0.5, 0.6) is 5.75 Å². The topological polar surface area (TPSA) is 119 Å². The fraction of sp³-hybridized carbons (Fsp3) is 0.261. The van der Waals surface area contributed by atoms with Crippen molar-refractivity contribution in [1.82, 2.24) is 15.1 Å². The summed E-state index contributed by atoms with van der Waals surface area (Å²) < 4.78 is 72.2. The van der Waals surface area contributed by atoms with Crippen molar-refractivity contribution >= 4 is 27.3 Å². The summed E-state index contributed by atoms with van der Waals surface area (Å²) in [6, 6.07) is 6.82. The van der Waals surface area contributed by atoms with E-state index in [9.17, 15) is 31.2 Å². The molecule has 2 aliphatic heterocycles. The smallest absolute Gasteiger partial charge is 0.272 e. The Balaban J connectivity index is 1.64. The van der Waals surface area contributed by atoms with Crippen molar-refractivity contribution in [1.29, 1.82) is 0 Å². The van der Waals surface area contributed by atoms with Crippen molar-refractivity contribution in [3.63, 3.8) is 0 Å². The maximum Gasteiger partial charge on any atom is 0.272 e. The monoisotopic (exact) mass is 520 g/mol. The Morgan fingerprint density at radius 3 is 2.61 bits per heavy atom. The normalized spacial score (nSPS) is 18.7. The highest BCUT2D eigenvalue weighted by Gasteiger charge is 2.47. The lowest BCUT2D eigenvalue weighted by Crippen LogP contribution is -2.56. The van der Waals surface area contributed by atoms with Gasteiger partial charge in [-0.2, -0.15) is 5.10 Å². The Morgan fingerprint density at radius 1 is 1.19 bits per heavy atom. The summed E-state index contributed by atoms with van der Waals surface area (Å²) in [5.41, 5.74) is -1.10. The van der Waals surface area contributed by atoms with E-state index in [4.69, 9.17) is 4.74 Å². The van der Waals surface area contributed by atoms with Gasteiger partial charge in [0.25, 0.3) is 5.91 Å². The Hall–Kier alpha value is -3.87. The molecule has 1 spiro atoms. The summed E-state index contributed by atoms with van der Waals surface area (Å²) >= 11 is 0. The van der Waals surface area contributed by atoms with Gasteiger partial charge in [0.2, 0.25) is 5.91 Å². The second kappa shape index (κ2) is 8.36. The van der Waals surface area contributed by atoms with Gasteiger partial charge in [-0.15, -0.1) is 0 Å². The average Bonchev–Trinajstić information content (AvgIpc) is 3.10. The number of nitrogens with one attached hydrogen (secondary N) is 2. The second-order valence-corrected chi connectivity index (χ2v) is 10.9. The number of carbonyl (C=O) groups excluding carboxylic acids is 2. The van der Waals surface area contributed by atoms with Crippen LogP contribution in [0, 0.1) is 17.5 Å². The van der Waals surface area contributed by atoms with E-state index in [1.54, 1.807) is 0 Å². The van der Waals surface area contributed by atoms with Gasteiger partial charge in [-0.1, -0.05) is 0 Å². The van der Waals surface area contributed by atoms with Gasteiger partial charge in [-0.3, -0.25) is 14.3 Å². The van der Waals surface area contributed by atoms with E-state index in [-0.39, 0.29) is 48.0 Å². The van der Waals surface area contributed by atoms with Crippen molar-refractivity contribution in [2.45, 2.75) is 18.5 Å². The molecule has 36 heavy (non-hydrogen) atoms. The highest BCUT2D eigenvalue weighted by molar-refractivity contribution is 7.91. The van der Waals surface area contributed by atoms with E-state index < -0.39 is 50.4 Å². The average molecular weight is 520 g/mol. The third-order valence-corrected chi connectivity index (χ3v) is 6.79. The molecule has 0 saturated carbocycles. The Kier molecular flexibility index (Phi) is 5.54. The van der Waals surface area contributed by atoms with Crippen molar-refractivity contribution in [3.05, 3.63) is 65.1 Å². The molecule has 3 aromatic rings. The number of aromatic nitrogens is 2. The molecule has 13 heteroatoms. The quantitative estimate of drug-likeness (QED) is 0.545. The molecular weight excluding hydrogens is 501 g/mol. The predicted molar refractivity (Wildman–Crippen MR) is 122 cm³/mol. The first kappa shape index (κ1) is 23.9. The number of amides is 2. The molecule has 0 saturated heterocycles. The van der Waals surface area contributed by atoms with Gasteiger partial charge in [0.15, 0.2) is 15.5 Å². The molecule has 188 valence electrons. The van der Waals surface area contributed by atoms with E-state index in [0.717, 1.165) is 24.5 Å². The fourth-order valence-electron chi connectivity index (χ4n) is 4.59. The molecule has 2 N–H and O–H groups in total. The van der Waals surface area contributed by atoms with Crippen LogP contribution in [0.15, 0.2) is 36.4 Å². The lowest BCUT2D eigenvalue weighted by atomic mass is 9.82. The molecule has 0 fully saturated rings. The number of sulfone groups is 1. The first-order chi connectivity index (χ1) is 17.0. The Labute approximate surface area is 203 Å². The number of hydrogen-bond donors (Lipinski definition) is 2. The summed E-state index contributed by atoms with van der Waals surface area (Å²) in [5, 5.41) is 9.66. The zero-order chi connectivity index (χ0) is 25.8. The van der Waals surface area contributed by atoms with Gasteiger partial charge < -0.3 is 15.4 Å². The molecular formula is C23H19F3N4O5S. The minimum absolute atomic E-state index is 0.0318. The highest BCUT2D eigenvalue weighted by Crippen LogP contribution is 2.44. The number of benzene rings is 2. The van der Waals surface area contributed by atoms with Crippen molar-refractivity contribution < 1.29 is 35.9 Å². The summed E-state index contributed by atoms with van der Waals surface area (Å²) in [6.07, 6.45) is 1.03. The number of fused-ring (bicyclic) bond motifs is 3. The lowest BCUT2D eigenvalue weighted by molar-refractivity contribution is -0.113. The number of halogens is 3. The third kappa shape index (κ3) is 4.19. The maximum atomic E-state index is 14.9. The van der Waals surface area contributed by atoms with Crippen LogP contribution >= 0.6 is 0 Å². The minimum atomic E-state index is -3.68. The van der Waals surface area contributed by atoms with E-state index >= 15 is 0 Å². The molecule has 0 bridgehead atoms. The number of anilines is 1. The molecule has 3 heterocycles. The zero-order valence-corrected chi connectivity index (χ0v) is 19.6. The summed E-state index contributed by atoms with van der Waals surface area (Å²) in [7, 11) is -3.68. The van der Waals surface area contributed by atoms with E-state index in [2.05, 4.69) is 15.7 Å². The molecule has 2 amide bonds. The molecule has 1 atom stereocenters. The van der Waals surface area contributed by atoms with E-state index in [0.29, 0.717) is 11.6 Å². The first-order valence-electron chi connectivity index (χ1n) is 10.7. The molecule has 9 nitrogen and oxygen atoms in total. The molecule has 2 aromatic carbocycles. The molecule has 0 radical (unpaired) electrons. The number of carbonyl (C=O) groups is 2. The summed E-state index contributed by atoms with van der Waals surface area (Å²) in [4.78, 5) is 25.9. The van der Waals surface area contributed by atoms with Crippen LogP contribution in [0.1, 0.15) is 22.5 Å². The van der Waals surface area contributed by atoms with Crippen LogP contribution in [-0.2, 0) is 26.7 Å². The standard InChI is InChI=1S/C23H19F3N4O5S/c1-36(33,34)10-17(31)27-20-19(12-2-4-13(24)5-3-12)29-30-11-23(28-22(32)21(20)30)6-7-35-16-9-14(25)8-15(26)18(16)23/h2-5,8-9H,6-7,10-11H2,1H3,(H,27,31)(H,28,32)/t23-/m0/s1. The lowest BCUT2D eigenvalue weighted by Gasteiger charge is -2.42.